The third-order valence-corrected chi connectivity index (χ3v) is 6.10. The molecule has 124 valence electrons. The average molecular weight is 349 g/mol. The average Bonchev–Trinajstić information content (AvgIpc) is 2.80. The van der Waals surface area contributed by atoms with Gasteiger partial charge in [0.1, 0.15) is 9.88 Å². The number of thiazole rings is 1. The number of carbonyl (C=O) groups excluding carboxylic acids is 1. The molecule has 0 aromatic carbocycles. The highest BCUT2D eigenvalue weighted by atomic mass is 32.2. The molecule has 1 heterocycles. The first-order valence-electron chi connectivity index (χ1n) is 6.52. The van der Waals surface area contributed by atoms with Crippen LogP contribution in [0.4, 0.5) is 0 Å². The summed E-state index contributed by atoms with van der Waals surface area (Å²) in [6.07, 6.45) is 0. The van der Waals surface area contributed by atoms with Crippen molar-refractivity contribution in [3.8, 4) is 0 Å². The number of sulfonamides is 1. The van der Waals surface area contributed by atoms with Gasteiger partial charge in [-0.25, -0.2) is 18.2 Å². The number of aromatic nitrogens is 1. The maximum absolute atomic E-state index is 11.9. The zero-order chi connectivity index (χ0) is 17.1. The molecule has 8 nitrogen and oxygen atoms in total. The molecule has 2 N–H and O–H groups in total. The van der Waals surface area contributed by atoms with Gasteiger partial charge in [-0.15, -0.1) is 11.3 Å². The molecule has 22 heavy (non-hydrogen) atoms. The minimum Gasteiger partial charge on any atom is -0.477 e. The minimum absolute atomic E-state index is 0.0834. The number of carboxylic acids is 1. The van der Waals surface area contributed by atoms with Crippen LogP contribution in [-0.2, 0) is 14.8 Å². The lowest BCUT2D eigenvalue weighted by Crippen LogP contribution is -2.39. The van der Waals surface area contributed by atoms with Crippen molar-refractivity contribution in [3.63, 3.8) is 0 Å². The van der Waals surface area contributed by atoms with Crippen molar-refractivity contribution in [2.24, 2.45) is 0 Å². The zero-order valence-corrected chi connectivity index (χ0v) is 14.4. The molecule has 0 fully saturated rings. The van der Waals surface area contributed by atoms with E-state index < -0.39 is 27.9 Å². The molecule has 1 aromatic heterocycles. The van der Waals surface area contributed by atoms with Gasteiger partial charge in [-0.05, 0) is 20.8 Å². The van der Waals surface area contributed by atoms with Crippen LogP contribution >= 0.6 is 11.3 Å². The molecule has 0 saturated heterocycles. The number of aromatic carboxylic acids is 1. The van der Waals surface area contributed by atoms with Crippen LogP contribution in [-0.4, -0.2) is 54.0 Å². The maximum atomic E-state index is 11.9. The molecule has 0 spiro atoms. The van der Waals surface area contributed by atoms with Crippen LogP contribution in [0.25, 0.3) is 0 Å². The van der Waals surface area contributed by atoms with E-state index in [0.717, 1.165) is 15.6 Å². The van der Waals surface area contributed by atoms with Crippen molar-refractivity contribution in [2.75, 3.05) is 19.3 Å². The third kappa shape index (κ3) is 4.49. The van der Waals surface area contributed by atoms with Gasteiger partial charge in [0.05, 0.1) is 24.0 Å². The van der Waals surface area contributed by atoms with E-state index in [4.69, 9.17) is 5.11 Å². The SMILES string of the molecule is CCS(=O)(=O)N(C)CC(=O)NC(C)c1nc(C)c(C(=O)O)s1. The van der Waals surface area contributed by atoms with Crippen molar-refractivity contribution in [1.29, 1.82) is 0 Å². The van der Waals surface area contributed by atoms with Gasteiger partial charge in [0.2, 0.25) is 15.9 Å². The van der Waals surface area contributed by atoms with E-state index >= 15 is 0 Å². The van der Waals surface area contributed by atoms with Crippen LogP contribution in [0.1, 0.15) is 40.3 Å². The number of hydrogen-bond acceptors (Lipinski definition) is 6. The van der Waals surface area contributed by atoms with E-state index in [1.54, 1.807) is 13.8 Å². The summed E-state index contributed by atoms with van der Waals surface area (Å²) in [7, 11) is -2.09. The number of carbonyl (C=O) groups is 2. The van der Waals surface area contributed by atoms with Crippen molar-refractivity contribution >= 4 is 33.2 Å². The van der Waals surface area contributed by atoms with E-state index in [9.17, 15) is 18.0 Å². The number of nitrogens with one attached hydrogen (secondary N) is 1. The summed E-state index contributed by atoms with van der Waals surface area (Å²) in [6, 6.07) is -0.498. The summed E-state index contributed by atoms with van der Waals surface area (Å²) in [4.78, 5) is 27.1. The Morgan fingerprint density at radius 1 is 1.45 bits per heavy atom. The predicted molar refractivity (Wildman–Crippen MR) is 82.5 cm³/mol. The van der Waals surface area contributed by atoms with Crippen molar-refractivity contribution in [3.05, 3.63) is 15.6 Å². The Bertz CT molecular complexity index is 668. The summed E-state index contributed by atoms with van der Waals surface area (Å²) in [5, 5.41) is 12.1. The maximum Gasteiger partial charge on any atom is 0.347 e. The van der Waals surface area contributed by atoms with E-state index in [-0.39, 0.29) is 17.2 Å². The largest absolute Gasteiger partial charge is 0.477 e. The summed E-state index contributed by atoms with van der Waals surface area (Å²) < 4.78 is 24.1. The second-order valence-electron chi connectivity index (χ2n) is 4.72. The van der Waals surface area contributed by atoms with Crippen LogP contribution in [0, 0.1) is 6.92 Å². The molecule has 0 bridgehead atoms. The highest BCUT2D eigenvalue weighted by Gasteiger charge is 2.22. The van der Waals surface area contributed by atoms with Crippen LogP contribution < -0.4 is 5.32 Å². The molecule has 1 unspecified atom stereocenters. The van der Waals surface area contributed by atoms with Crippen LogP contribution in [0.5, 0.6) is 0 Å². The molecule has 0 aliphatic rings. The molecule has 0 aliphatic carbocycles. The normalized spacial score (nSPS) is 13.1. The van der Waals surface area contributed by atoms with E-state index in [1.807, 2.05) is 0 Å². The van der Waals surface area contributed by atoms with Gasteiger partial charge < -0.3 is 10.4 Å². The number of hydrogen-bond donors (Lipinski definition) is 2. The van der Waals surface area contributed by atoms with E-state index in [1.165, 1.54) is 14.0 Å². The van der Waals surface area contributed by atoms with Gasteiger partial charge in [0, 0.05) is 7.05 Å². The Hall–Kier alpha value is -1.52. The van der Waals surface area contributed by atoms with Crippen molar-refractivity contribution in [2.45, 2.75) is 26.8 Å². The minimum atomic E-state index is -3.43. The standard InChI is InChI=1S/C12H19N3O5S2/c1-5-22(19,20)15(4)6-9(16)13-8(3)11-14-7(2)10(21-11)12(17)18/h8H,5-6H2,1-4H3,(H,13,16)(H,17,18). The lowest BCUT2D eigenvalue weighted by molar-refractivity contribution is -0.121. The molecule has 1 aromatic rings. The first kappa shape index (κ1) is 18.5. The Morgan fingerprint density at radius 2 is 2.05 bits per heavy atom. The first-order valence-corrected chi connectivity index (χ1v) is 8.95. The summed E-state index contributed by atoms with van der Waals surface area (Å²) in [6.45, 7) is 4.45. The topological polar surface area (TPSA) is 117 Å². The molecule has 1 atom stereocenters. The number of rotatable bonds is 7. The van der Waals surface area contributed by atoms with Crippen molar-refractivity contribution < 1.29 is 23.1 Å². The first-order chi connectivity index (χ1) is 10.1. The second-order valence-corrected chi connectivity index (χ2v) is 8.11. The molecule has 1 amide bonds. The number of likely N-dealkylation sites (N-methyl/N-ethyl adjacent to an activating group) is 1. The van der Waals surface area contributed by atoms with Gasteiger partial charge in [0.15, 0.2) is 0 Å². The lowest BCUT2D eigenvalue weighted by atomic mass is 10.3. The van der Waals surface area contributed by atoms with Crippen LogP contribution in [0.3, 0.4) is 0 Å². The molecule has 0 aliphatic heterocycles. The lowest BCUT2D eigenvalue weighted by Gasteiger charge is -2.17. The van der Waals surface area contributed by atoms with E-state index in [2.05, 4.69) is 10.3 Å². The smallest absolute Gasteiger partial charge is 0.347 e. The molecular weight excluding hydrogens is 330 g/mol. The molecule has 10 heteroatoms. The predicted octanol–water partition coefficient (Wildman–Crippen LogP) is 0.608. The summed E-state index contributed by atoms with van der Waals surface area (Å²) in [5.74, 6) is -1.62. The van der Waals surface area contributed by atoms with E-state index in [0.29, 0.717) is 10.7 Å². The van der Waals surface area contributed by atoms with Gasteiger partial charge in [-0.2, -0.15) is 4.31 Å². The molecular formula is C12H19N3O5S2. The Kier molecular flexibility index (Phi) is 6.03. The summed E-state index contributed by atoms with van der Waals surface area (Å²) >= 11 is 0.989. The molecule has 0 radical (unpaired) electrons. The second kappa shape index (κ2) is 7.16. The fourth-order valence-corrected chi connectivity index (χ4v) is 3.33. The van der Waals surface area contributed by atoms with Crippen molar-refractivity contribution in [1.82, 2.24) is 14.6 Å². The quantitative estimate of drug-likeness (QED) is 0.745. The highest BCUT2D eigenvalue weighted by Crippen LogP contribution is 2.23. The monoisotopic (exact) mass is 349 g/mol. The number of nitrogens with zero attached hydrogens (tertiary/aromatic N) is 2. The van der Waals surface area contributed by atoms with Crippen LogP contribution in [0.2, 0.25) is 0 Å². The van der Waals surface area contributed by atoms with Gasteiger partial charge in [0.25, 0.3) is 0 Å². The highest BCUT2D eigenvalue weighted by molar-refractivity contribution is 7.89. The van der Waals surface area contributed by atoms with Gasteiger partial charge in [-0.1, -0.05) is 0 Å². The Balaban J connectivity index is 2.73. The zero-order valence-electron chi connectivity index (χ0n) is 12.8. The number of amides is 1. The number of aryl methyl sites for hydroxylation is 1. The number of carboxylic acid groups (broad SMARTS) is 1. The van der Waals surface area contributed by atoms with Crippen LogP contribution in [0.15, 0.2) is 0 Å². The van der Waals surface area contributed by atoms with Gasteiger partial charge in [-0.3, -0.25) is 4.79 Å². The third-order valence-electron chi connectivity index (χ3n) is 2.96. The summed E-state index contributed by atoms with van der Waals surface area (Å²) in [5.41, 5.74) is 0.388. The Labute approximate surface area is 133 Å². The fraction of sp³-hybridized carbons (Fsp3) is 0.583. The molecule has 1 rings (SSSR count). The van der Waals surface area contributed by atoms with Gasteiger partial charge >= 0.3 is 5.97 Å². The fourth-order valence-electron chi connectivity index (χ4n) is 1.67. The molecule has 0 saturated carbocycles. The Morgan fingerprint density at radius 3 is 2.50 bits per heavy atom.